The molecule has 7 nitrogen and oxygen atoms in total. The summed E-state index contributed by atoms with van der Waals surface area (Å²) in [5.41, 5.74) is 4.82. The number of hydrogen-bond acceptors (Lipinski definition) is 7. The Labute approximate surface area is 189 Å². The molecule has 32 heavy (non-hydrogen) atoms. The molecule has 1 aromatic heterocycles. The molecule has 1 N–H and O–H groups in total. The zero-order valence-corrected chi connectivity index (χ0v) is 18.7. The number of hydrogen-bond donors (Lipinski definition) is 1. The largest absolute Gasteiger partial charge is 0.369 e. The zero-order chi connectivity index (χ0) is 21.9. The average molecular weight is 431 g/mol. The Morgan fingerprint density at radius 1 is 0.969 bits per heavy atom. The maximum atomic E-state index is 5.93. The third-order valence-corrected chi connectivity index (χ3v) is 6.28. The SMILES string of the molecule is Cc1cc(Nc2cc(N3OCCC3c3ccccc3)ncn2)ccc1N1CCN(C)CC1. The summed E-state index contributed by atoms with van der Waals surface area (Å²) in [5, 5.41) is 5.35. The number of nitrogens with zero attached hydrogens (tertiary/aromatic N) is 5. The smallest absolute Gasteiger partial charge is 0.158 e. The van der Waals surface area contributed by atoms with Crippen LogP contribution in [0.5, 0.6) is 0 Å². The van der Waals surface area contributed by atoms with Crippen molar-refractivity contribution >= 4 is 23.0 Å². The van der Waals surface area contributed by atoms with E-state index in [9.17, 15) is 0 Å². The Balaban J connectivity index is 1.31. The molecule has 0 aliphatic carbocycles. The lowest BCUT2D eigenvalue weighted by Crippen LogP contribution is -2.44. The van der Waals surface area contributed by atoms with E-state index >= 15 is 0 Å². The lowest BCUT2D eigenvalue weighted by Gasteiger charge is -2.35. The standard InChI is InChI=1S/C25H30N6O/c1-19-16-21(8-9-22(19)30-13-11-29(2)12-14-30)28-24-17-25(27-18-26-24)31-23(10-15-32-31)20-6-4-3-5-7-20/h3-9,16-18,23H,10-15H2,1-2H3,(H,26,27,28). The van der Waals surface area contributed by atoms with Gasteiger partial charge in [-0.2, -0.15) is 0 Å². The molecule has 5 rings (SSSR count). The van der Waals surface area contributed by atoms with E-state index in [-0.39, 0.29) is 6.04 Å². The Kier molecular flexibility index (Phi) is 5.92. The summed E-state index contributed by atoms with van der Waals surface area (Å²) in [6.07, 6.45) is 2.52. The molecule has 2 aromatic carbocycles. The van der Waals surface area contributed by atoms with Crippen LogP contribution in [0.3, 0.4) is 0 Å². The topological polar surface area (TPSA) is 56.8 Å². The van der Waals surface area contributed by atoms with Crippen LogP contribution >= 0.6 is 0 Å². The Hall–Kier alpha value is -3.16. The van der Waals surface area contributed by atoms with Crippen molar-refractivity contribution in [2.45, 2.75) is 19.4 Å². The molecular weight excluding hydrogens is 400 g/mol. The van der Waals surface area contributed by atoms with Crippen molar-refractivity contribution in [1.82, 2.24) is 14.9 Å². The van der Waals surface area contributed by atoms with Crippen molar-refractivity contribution in [3.05, 3.63) is 72.1 Å². The van der Waals surface area contributed by atoms with Gasteiger partial charge in [0.25, 0.3) is 0 Å². The second-order valence-electron chi connectivity index (χ2n) is 8.55. The number of aromatic nitrogens is 2. The first-order valence-electron chi connectivity index (χ1n) is 11.3. The van der Waals surface area contributed by atoms with Gasteiger partial charge >= 0.3 is 0 Å². The van der Waals surface area contributed by atoms with E-state index in [1.165, 1.54) is 16.8 Å². The van der Waals surface area contributed by atoms with Gasteiger partial charge in [0.05, 0.1) is 12.6 Å². The van der Waals surface area contributed by atoms with Gasteiger partial charge in [-0.3, -0.25) is 4.84 Å². The van der Waals surface area contributed by atoms with E-state index < -0.39 is 0 Å². The maximum Gasteiger partial charge on any atom is 0.158 e. The first-order chi connectivity index (χ1) is 15.7. The Morgan fingerprint density at radius 2 is 1.78 bits per heavy atom. The van der Waals surface area contributed by atoms with Crippen LogP contribution in [0.1, 0.15) is 23.6 Å². The van der Waals surface area contributed by atoms with E-state index in [1.54, 1.807) is 6.33 Å². The molecule has 1 atom stereocenters. The maximum absolute atomic E-state index is 5.93. The second kappa shape index (κ2) is 9.14. The minimum absolute atomic E-state index is 0.157. The zero-order valence-electron chi connectivity index (χ0n) is 18.7. The van der Waals surface area contributed by atoms with E-state index in [2.05, 4.69) is 81.5 Å². The number of piperazine rings is 1. The molecule has 0 radical (unpaired) electrons. The van der Waals surface area contributed by atoms with E-state index in [0.29, 0.717) is 6.61 Å². The summed E-state index contributed by atoms with van der Waals surface area (Å²) in [5.74, 6) is 1.52. The molecule has 2 saturated heterocycles. The number of hydroxylamine groups is 1. The van der Waals surface area contributed by atoms with Crippen LogP contribution in [-0.4, -0.2) is 54.7 Å². The Bertz CT molecular complexity index is 1050. The summed E-state index contributed by atoms with van der Waals surface area (Å²) in [4.78, 5) is 19.7. The van der Waals surface area contributed by atoms with E-state index in [4.69, 9.17) is 4.84 Å². The summed E-state index contributed by atoms with van der Waals surface area (Å²) >= 11 is 0. The molecule has 0 spiro atoms. The highest BCUT2D eigenvalue weighted by Gasteiger charge is 2.29. The van der Waals surface area contributed by atoms with Crippen LogP contribution in [0.4, 0.5) is 23.0 Å². The summed E-state index contributed by atoms with van der Waals surface area (Å²) in [7, 11) is 2.18. The third-order valence-electron chi connectivity index (χ3n) is 6.28. The summed E-state index contributed by atoms with van der Waals surface area (Å²) in [6.45, 7) is 7.19. The van der Waals surface area contributed by atoms with E-state index in [1.807, 2.05) is 17.2 Å². The van der Waals surface area contributed by atoms with Crippen molar-refractivity contribution in [3.8, 4) is 0 Å². The van der Waals surface area contributed by atoms with Gasteiger partial charge in [0.1, 0.15) is 12.1 Å². The number of anilines is 4. The summed E-state index contributed by atoms with van der Waals surface area (Å²) in [6, 6.07) is 19.1. The van der Waals surface area contributed by atoms with Crippen molar-refractivity contribution in [2.75, 3.05) is 55.1 Å². The minimum Gasteiger partial charge on any atom is -0.369 e. The molecule has 2 aliphatic heterocycles. The molecular formula is C25H30N6O. The number of likely N-dealkylation sites (N-methyl/N-ethyl adjacent to an activating group) is 1. The lowest BCUT2D eigenvalue weighted by molar-refractivity contribution is 0.157. The van der Waals surface area contributed by atoms with Crippen molar-refractivity contribution in [2.24, 2.45) is 0 Å². The Morgan fingerprint density at radius 3 is 2.56 bits per heavy atom. The fraction of sp³-hybridized carbons (Fsp3) is 0.360. The molecule has 2 aliphatic rings. The van der Waals surface area contributed by atoms with Gasteiger partial charge in [-0.1, -0.05) is 30.3 Å². The van der Waals surface area contributed by atoms with Gasteiger partial charge in [-0.15, -0.1) is 0 Å². The van der Waals surface area contributed by atoms with Crippen LogP contribution in [0.2, 0.25) is 0 Å². The van der Waals surface area contributed by atoms with Crippen LogP contribution < -0.4 is 15.3 Å². The highest BCUT2D eigenvalue weighted by atomic mass is 16.7. The molecule has 0 bridgehead atoms. The highest BCUT2D eigenvalue weighted by Crippen LogP contribution is 2.34. The van der Waals surface area contributed by atoms with Gasteiger partial charge in [-0.25, -0.2) is 15.0 Å². The molecule has 3 aromatic rings. The van der Waals surface area contributed by atoms with Crippen molar-refractivity contribution < 1.29 is 4.84 Å². The molecule has 3 heterocycles. The van der Waals surface area contributed by atoms with Crippen LogP contribution in [0.15, 0.2) is 60.9 Å². The first kappa shape index (κ1) is 20.7. The number of aryl methyl sites for hydroxylation is 1. The second-order valence-corrected chi connectivity index (χ2v) is 8.55. The summed E-state index contributed by atoms with van der Waals surface area (Å²) < 4.78 is 0. The normalized spacial score (nSPS) is 19.4. The molecule has 166 valence electrons. The number of rotatable bonds is 5. The monoisotopic (exact) mass is 430 g/mol. The molecule has 0 saturated carbocycles. The van der Waals surface area contributed by atoms with Crippen molar-refractivity contribution in [1.29, 1.82) is 0 Å². The van der Waals surface area contributed by atoms with Gasteiger partial charge in [-0.05, 0) is 43.3 Å². The van der Waals surface area contributed by atoms with E-state index in [0.717, 1.165) is 49.9 Å². The lowest BCUT2D eigenvalue weighted by atomic mass is 10.0. The van der Waals surface area contributed by atoms with Crippen LogP contribution in [0, 0.1) is 6.92 Å². The fourth-order valence-corrected chi connectivity index (χ4v) is 4.49. The molecule has 2 fully saturated rings. The third kappa shape index (κ3) is 4.40. The first-order valence-corrected chi connectivity index (χ1v) is 11.3. The minimum atomic E-state index is 0.157. The predicted molar refractivity (Wildman–Crippen MR) is 128 cm³/mol. The van der Waals surface area contributed by atoms with Crippen molar-refractivity contribution in [3.63, 3.8) is 0 Å². The molecule has 0 amide bonds. The van der Waals surface area contributed by atoms with Gasteiger partial charge < -0.3 is 15.1 Å². The highest BCUT2D eigenvalue weighted by molar-refractivity contribution is 5.65. The predicted octanol–water partition coefficient (Wildman–Crippen LogP) is 4.16. The van der Waals surface area contributed by atoms with Gasteiger partial charge in [0.15, 0.2) is 5.82 Å². The average Bonchev–Trinajstić information content (AvgIpc) is 3.31. The van der Waals surface area contributed by atoms with Gasteiger partial charge in [0, 0.05) is 50.0 Å². The molecule has 1 unspecified atom stereocenters. The molecule has 7 heteroatoms. The van der Waals surface area contributed by atoms with Crippen LogP contribution in [0.25, 0.3) is 0 Å². The number of nitrogens with one attached hydrogen (secondary N) is 1. The van der Waals surface area contributed by atoms with Crippen LogP contribution in [-0.2, 0) is 4.84 Å². The fourth-order valence-electron chi connectivity index (χ4n) is 4.49. The van der Waals surface area contributed by atoms with Gasteiger partial charge in [0.2, 0.25) is 0 Å². The quantitative estimate of drug-likeness (QED) is 0.652. The number of benzene rings is 2.